The van der Waals surface area contributed by atoms with Crippen LogP contribution in [0.15, 0.2) is 91.0 Å². The lowest BCUT2D eigenvalue weighted by Crippen LogP contribution is -2.28. The molecule has 1 saturated heterocycles. The maximum absolute atomic E-state index is 3.83. The van der Waals surface area contributed by atoms with Gasteiger partial charge in [-0.15, -0.1) is 0 Å². The van der Waals surface area contributed by atoms with Crippen molar-refractivity contribution in [3.8, 4) is 0 Å². The minimum Gasteiger partial charge on any atom is -0.313 e. The first-order chi connectivity index (χ1) is 13.4. The Hall–Kier alpha value is -1.52. The highest BCUT2D eigenvalue weighted by Crippen LogP contribution is 2.36. The predicted molar refractivity (Wildman–Crippen MR) is 123 cm³/mol. The van der Waals surface area contributed by atoms with Gasteiger partial charge in [-0.25, -0.2) is 0 Å². The molecule has 0 radical (unpaired) electrons. The van der Waals surface area contributed by atoms with E-state index in [-0.39, 0.29) is 7.92 Å². The standard InChI is InChI=1S/C24H27NP2/c1-4-10-22(11-5-1)26-18-20-16-21(25-17-20)19-27(23-12-6-2-7-13-23)24-14-8-3-9-15-24/h1-15,20-21,25-26H,16-19H2. The lowest BCUT2D eigenvalue weighted by Gasteiger charge is -2.22. The lowest BCUT2D eigenvalue weighted by atomic mass is 10.1. The van der Waals surface area contributed by atoms with E-state index >= 15 is 0 Å². The smallest absolute Gasteiger partial charge is 0.0116 e. The fraction of sp³-hybridized carbons (Fsp3) is 0.250. The Kier molecular flexibility index (Phi) is 6.70. The molecule has 1 aliphatic rings. The molecule has 1 nitrogen and oxygen atoms in total. The second-order valence-corrected chi connectivity index (χ2v) is 10.8. The molecule has 3 aromatic rings. The van der Waals surface area contributed by atoms with Crippen molar-refractivity contribution < 1.29 is 0 Å². The van der Waals surface area contributed by atoms with Crippen molar-refractivity contribution in [1.29, 1.82) is 0 Å². The second kappa shape index (κ2) is 9.61. The molecule has 3 unspecified atom stereocenters. The Bertz CT molecular complexity index is 768. The predicted octanol–water partition coefficient (Wildman–Crippen LogP) is 4.10. The molecule has 1 aliphatic heterocycles. The summed E-state index contributed by atoms with van der Waals surface area (Å²) in [4.78, 5) is 0. The molecule has 0 bridgehead atoms. The van der Waals surface area contributed by atoms with Gasteiger partial charge in [0, 0.05) is 6.04 Å². The first-order valence-electron chi connectivity index (χ1n) is 9.78. The van der Waals surface area contributed by atoms with Crippen LogP contribution in [0.2, 0.25) is 0 Å². The van der Waals surface area contributed by atoms with Crippen LogP contribution in [0.4, 0.5) is 0 Å². The van der Waals surface area contributed by atoms with Gasteiger partial charge in [-0.3, -0.25) is 0 Å². The van der Waals surface area contributed by atoms with Gasteiger partial charge in [0.1, 0.15) is 0 Å². The number of hydrogen-bond acceptors (Lipinski definition) is 1. The lowest BCUT2D eigenvalue weighted by molar-refractivity contribution is 0.633. The number of benzene rings is 3. The van der Waals surface area contributed by atoms with Gasteiger partial charge in [-0.05, 0) is 55.0 Å². The summed E-state index contributed by atoms with van der Waals surface area (Å²) in [6.45, 7) is 1.18. The number of nitrogens with one attached hydrogen (secondary N) is 1. The summed E-state index contributed by atoms with van der Waals surface area (Å²) in [7, 11) is 0.641. The first-order valence-corrected chi connectivity index (χ1v) is 12.5. The highest BCUT2D eigenvalue weighted by Gasteiger charge is 2.27. The minimum atomic E-state index is -0.294. The Labute approximate surface area is 166 Å². The van der Waals surface area contributed by atoms with Gasteiger partial charge < -0.3 is 5.32 Å². The first kappa shape index (κ1) is 18.8. The van der Waals surface area contributed by atoms with E-state index in [4.69, 9.17) is 0 Å². The normalized spacial score (nSPS) is 19.9. The summed E-state index contributed by atoms with van der Waals surface area (Å²) < 4.78 is 0. The third-order valence-electron chi connectivity index (χ3n) is 5.22. The van der Waals surface area contributed by atoms with E-state index in [1.54, 1.807) is 0 Å². The van der Waals surface area contributed by atoms with E-state index in [1.807, 2.05) is 0 Å². The molecular weight excluding hydrogens is 364 g/mol. The zero-order valence-electron chi connectivity index (χ0n) is 15.6. The zero-order valence-corrected chi connectivity index (χ0v) is 17.5. The summed E-state index contributed by atoms with van der Waals surface area (Å²) >= 11 is 0. The molecule has 0 amide bonds. The fourth-order valence-electron chi connectivity index (χ4n) is 3.81. The SMILES string of the molecule is c1ccc(PCC2CNC(CP(c3ccccc3)c3ccccc3)C2)cc1. The van der Waals surface area contributed by atoms with E-state index in [0.29, 0.717) is 6.04 Å². The summed E-state index contributed by atoms with van der Waals surface area (Å²) in [5.41, 5.74) is 0. The number of hydrogen-bond donors (Lipinski definition) is 1. The van der Waals surface area contributed by atoms with Crippen LogP contribution in [0.1, 0.15) is 6.42 Å². The van der Waals surface area contributed by atoms with Gasteiger partial charge in [0.05, 0.1) is 0 Å². The summed E-state index contributed by atoms with van der Waals surface area (Å²) in [5.74, 6) is 0.817. The van der Waals surface area contributed by atoms with Gasteiger partial charge in [0.2, 0.25) is 0 Å². The molecule has 1 fully saturated rings. The van der Waals surface area contributed by atoms with Crippen LogP contribution >= 0.6 is 16.5 Å². The van der Waals surface area contributed by atoms with Crippen molar-refractivity contribution in [1.82, 2.24) is 5.32 Å². The largest absolute Gasteiger partial charge is 0.313 e. The van der Waals surface area contributed by atoms with Crippen LogP contribution in [-0.4, -0.2) is 24.9 Å². The third kappa shape index (κ3) is 5.26. The van der Waals surface area contributed by atoms with Gasteiger partial charge in [-0.2, -0.15) is 0 Å². The van der Waals surface area contributed by atoms with Crippen LogP contribution < -0.4 is 21.2 Å². The molecule has 0 saturated carbocycles. The minimum absolute atomic E-state index is 0.294. The van der Waals surface area contributed by atoms with Gasteiger partial charge in [0.25, 0.3) is 0 Å². The molecule has 3 heteroatoms. The molecule has 138 valence electrons. The Morgan fingerprint density at radius 1 is 0.778 bits per heavy atom. The van der Waals surface area contributed by atoms with E-state index < -0.39 is 0 Å². The molecule has 4 rings (SSSR count). The van der Waals surface area contributed by atoms with Crippen molar-refractivity contribution >= 4 is 32.4 Å². The van der Waals surface area contributed by atoms with Crippen molar-refractivity contribution in [2.24, 2.45) is 5.92 Å². The van der Waals surface area contributed by atoms with Gasteiger partial charge >= 0.3 is 0 Å². The third-order valence-corrected chi connectivity index (χ3v) is 9.39. The average Bonchev–Trinajstić information content (AvgIpc) is 3.20. The molecule has 27 heavy (non-hydrogen) atoms. The van der Waals surface area contributed by atoms with Crippen LogP contribution in [-0.2, 0) is 0 Å². The van der Waals surface area contributed by atoms with Crippen LogP contribution in [0.5, 0.6) is 0 Å². The molecule has 3 atom stereocenters. The monoisotopic (exact) mass is 391 g/mol. The summed E-state index contributed by atoms with van der Waals surface area (Å²) in [6, 6.07) is 33.8. The number of rotatable bonds is 7. The average molecular weight is 391 g/mol. The van der Waals surface area contributed by atoms with Crippen LogP contribution in [0, 0.1) is 5.92 Å². The quantitative estimate of drug-likeness (QED) is 0.598. The highest BCUT2D eigenvalue weighted by atomic mass is 31.1. The molecule has 0 aromatic heterocycles. The Balaban J connectivity index is 1.39. The van der Waals surface area contributed by atoms with Crippen LogP contribution in [0.25, 0.3) is 0 Å². The summed E-state index contributed by atoms with van der Waals surface area (Å²) in [6.07, 6.45) is 3.88. The van der Waals surface area contributed by atoms with Crippen molar-refractivity contribution in [2.45, 2.75) is 12.5 Å². The molecule has 3 aromatic carbocycles. The Morgan fingerprint density at radius 3 is 1.93 bits per heavy atom. The molecule has 0 spiro atoms. The van der Waals surface area contributed by atoms with Gasteiger partial charge in [0.15, 0.2) is 0 Å². The fourth-order valence-corrected chi connectivity index (χ4v) is 7.58. The van der Waals surface area contributed by atoms with Crippen molar-refractivity contribution in [3.63, 3.8) is 0 Å². The summed E-state index contributed by atoms with van der Waals surface area (Å²) in [5, 5.41) is 8.32. The molecular formula is C24H27NP2. The molecule has 1 heterocycles. The van der Waals surface area contributed by atoms with Crippen molar-refractivity contribution in [3.05, 3.63) is 91.0 Å². The van der Waals surface area contributed by atoms with Crippen molar-refractivity contribution in [2.75, 3.05) is 18.9 Å². The zero-order chi connectivity index (χ0) is 18.3. The second-order valence-electron chi connectivity index (χ2n) is 7.24. The van der Waals surface area contributed by atoms with E-state index in [9.17, 15) is 0 Å². The molecule has 1 N–H and O–H groups in total. The highest BCUT2D eigenvalue weighted by molar-refractivity contribution is 7.73. The maximum atomic E-state index is 3.83. The van der Waals surface area contributed by atoms with E-state index in [2.05, 4.69) is 96.3 Å². The van der Waals surface area contributed by atoms with E-state index in [0.717, 1.165) is 14.5 Å². The van der Waals surface area contributed by atoms with Crippen LogP contribution in [0.3, 0.4) is 0 Å². The maximum Gasteiger partial charge on any atom is 0.0116 e. The van der Waals surface area contributed by atoms with Gasteiger partial charge in [-0.1, -0.05) is 99.6 Å². The molecule has 0 aliphatic carbocycles. The Morgan fingerprint density at radius 2 is 1.33 bits per heavy atom. The van der Waals surface area contributed by atoms with E-state index in [1.165, 1.54) is 41.2 Å². The topological polar surface area (TPSA) is 12.0 Å².